The third-order valence-electron chi connectivity index (χ3n) is 3.21. The normalized spacial score (nSPS) is 18.1. The number of allylic oxidation sites excluding steroid dienone is 1. The smallest absolute Gasteiger partial charge is 0.0596 e. The van der Waals surface area contributed by atoms with Crippen LogP contribution in [-0.2, 0) is 6.42 Å². The van der Waals surface area contributed by atoms with Crippen LogP contribution >= 0.6 is 0 Å². The number of nitrogens with zero attached hydrogens (tertiary/aromatic N) is 1. The van der Waals surface area contributed by atoms with E-state index in [1.807, 2.05) is 0 Å². The van der Waals surface area contributed by atoms with Crippen molar-refractivity contribution in [3.05, 3.63) is 47.0 Å². The number of rotatable bonds is 2. The summed E-state index contributed by atoms with van der Waals surface area (Å²) in [5.74, 6) is 0. The minimum atomic E-state index is 0.0801. The lowest BCUT2D eigenvalue weighted by molar-refractivity contribution is 0.545. The summed E-state index contributed by atoms with van der Waals surface area (Å²) >= 11 is 0. The van der Waals surface area contributed by atoms with Gasteiger partial charge in [-0.3, -0.25) is 4.99 Å². The highest BCUT2D eigenvalue weighted by Gasteiger charge is 2.29. The molecule has 0 aromatic heterocycles. The molecule has 1 nitrogen and oxygen atoms in total. The third kappa shape index (κ3) is 2.85. The van der Waals surface area contributed by atoms with E-state index in [4.69, 9.17) is 4.99 Å². The zero-order valence-corrected chi connectivity index (χ0v) is 11.2. The predicted octanol–water partition coefficient (Wildman–Crippen LogP) is 4.19. The first-order valence-electron chi connectivity index (χ1n) is 6.27. The van der Waals surface area contributed by atoms with Gasteiger partial charge in [-0.05, 0) is 45.3 Å². The van der Waals surface area contributed by atoms with Gasteiger partial charge < -0.3 is 0 Å². The van der Waals surface area contributed by atoms with E-state index in [-0.39, 0.29) is 5.54 Å². The summed E-state index contributed by atoms with van der Waals surface area (Å²) in [5.41, 5.74) is 5.57. The Bertz CT molecular complexity index is 460. The van der Waals surface area contributed by atoms with Gasteiger partial charge in [0, 0.05) is 12.1 Å². The second-order valence-electron chi connectivity index (χ2n) is 5.69. The molecule has 1 heteroatoms. The molecule has 1 aromatic carbocycles. The molecule has 0 saturated carbocycles. The van der Waals surface area contributed by atoms with E-state index in [0.717, 1.165) is 12.8 Å². The Labute approximate surface area is 104 Å². The molecule has 17 heavy (non-hydrogen) atoms. The fourth-order valence-electron chi connectivity index (χ4n) is 2.41. The summed E-state index contributed by atoms with van der Waals surface area (Å²) in [5, 5.41) is 0. The maximum Gasteiger partial charge on any atom is 0.0596 e. The van der Waals surface area contributed by atoms with E-state index >= 15 is 0 Å². The van der Waals surface area contributed by atoms with Crippen LogP contribution in [0.2, 0.25) is 0 Å². The Hall–Kier alpha value is -1.37. The lowest BCUT2D eigenvalue weighted by Gasteiger charge is -2.12. The van der Waals surface area contributed by atoms with E-state index < -0.39 is 0 Å². The maximum absolute atomic E-state index is 4.88. The maximum atomic E-state index is 4.88. The van der Waals surface area contributed by atoms with Crippen LogP contribution < -0.4 is 0 Å². The van der Waals surface area contributed by atoms with Gasteiger partial charge in [-0.25, -0.2) is 0 Å². The summed E-state index contributed by atoms with van der Waals surface area (Å²) in [6, 6.07) is 10.6. The fraction of sp³-hybridized carbons (Fsp3) is 0.438. The quantitative estimate of drug-likeness (QED) is 0.718. The molecular weight excluding hydrogens is 206 g/mol. The zero-order chi connectivity index (χ0) is 12.5. The standard InChI is InChI=1S/C16H21N/c1-12(2)14-11-16(3,4)17-15(14)10-13-8-6-5-7-9-13/h5-9H,10-11H2,1-4H3. The largest absolute Gasteiger partial charge is 0.283 e. The van der Waals surface area contributed by atoms with Gasteiger partial charge in [0.1, 0.15) is 0 Å². The van der Waals surface area contributed by atoms with Crippen LogP contribution in [0.4, 0.5) is 0 Å². The van der Waals surface area contributed by atoms with Crippen molar-refractivity contribution < 1.29 is 0 Å². The van der Waals surface area contributed by atoms with Crippen LogP contribution in [0.5, 0.6) is 0 Å². The topological polar surface area (TPSA) is 12.4 Å². The average Bonchev–Trinajstić information content (AvgIpc) is 2.55. The summed E-state index contributed by atoms with van der Waals surface area (Å²) in [7, 11) is 0. The average molecular weight is 227 g/mol. The Balaban J connectivity index is 2.28. The second kappa shape index (κ2) is 4.48. The van der Waals surface area contributed by atoms with Crippen LogP contribution in [0.1, 0.15) is 39.7 Å². The Morgan fingerprint density at radius 1 is 1.18 bits per heavy atom. The lowest BCUT2D eigenvalue weighted by Crippen LogP contribution is -2.11. The summed E-state index contributed by atoms with van der Waals surface area (Å²) in [6.45, 7) is 8.82. The molecule has 0 radical (unpaired) electrons. The molecule has 0 bridgehead atoms. The first kappa shape index (κ1) is 12.1. The first-order valence-corrected chi connectivity index (χ1v) is 6.27. The van der Waals surface area contributed by atoms with Gasteiger partial charge in [-0.2, -0.15) is 0 Å². The van der Waals surface area contributed by atoms with Crippen molar-refractivity contribution >= 4 is 5.71 Å². The highest BCUT2D eigenvalue weighted by Crippen LogP contribution is 2.32. The van der Waals surface area contributed by atoms with Crippen molar-refractivity contribution in [3.63, 3.8) is 0 Å². The van der Waals surface area contributed by atoms with E-state index in [1.165, 1.54) is 22.4 Å². The highest BCUT2D eigenvalue weighted by molar-refractivity contribution is 6.04. The van der Waals surface area contributed by atoms with Crippen LogP contribution in [0.3, 0.4) is 0 Å². The molecule has 2 rings (SSSR count). The molecule has 1 aliphatic rings. The molecule has 1 aromatic rings. The van der Waals surface area contributed by atoms with Gasteiger partial charge in [0.15, 0.2) is 0 Å². The second-order valence-corrected chi connectivity index (χ2v) is 5.69. The molecule has 1 heterocycles. The van der Waals surface area contributed by atoms with Crippen LogP contribution in [-0.4, -0.2) is 11.3 Å². The molecule has 0 spiro atoms. The molecule has 0 saturated heterocycles. The third-order valence-corrected chi connectivity index (χ3v) is 3.21. The Morgan fingerprint density at radius 2 is 1.82 bits per heavy atom. The number of hydrogen-bond donors (Lipinski definition) is 0. The molecule has 0 fully saturated rings. The molecule has 0 unspecified atom stereocenters. The summed E-state index contributed by atoms with van der Waals surface area (Å²) in [4.78, 5) is 4.88. The first-order chi connectivity index (χ1) is 7.98. The zero-order valence-electron chi connectivity index (χ0n) is 11.2. The number of benzene rings is 1. The highest BCUT2D eigenvalue weighted by atomic mass is 14.9. The lowest BCUT2D eigenvalue weighted by atomic mass is 9.93. The minimum absolute atomic E-state index is 0.0801. The van der Waals surface area contributed by atoms with Gasteiger partial charge in [-0.1, -0.05) is 35.9 Å². The van der Waals surface area contributed by atoms with E-state index in [9.17, 15) is 0 Å². The van der Waals surface area contributed by atoms with Gasteiger partial charge >= 0.3 is 0 Å². The Kier molecular flexibility index (Phi) is 3.19. The van der Waals surface area contributed by atoms with Gasteiger partial charge in [0.2, 0.25) is 0 Å². The van der Waals surface area contributed by atoms with Crippen LogP contribution in [0.15, 0.2) is 46.5 Å². The van der Waals surface area contributed by atoms with Crippen molar-refractivity contribution in [2.24, 2.45) is 4.99 Å². The van der Waals surface area contributed by atoms with Gasteiger partial charge in [-0.15, -0.1) is 0 Å². The molecule has 0 N–H and O–H groups in total. The van der Waals surface area contributed by atoms with E-state index in [2.05, 4.69) is 58.0 Å². The number of hydrogen-bond acceptors (Lipinski definition) is 1. The molecule has 0 amide bonds. The van der Waals surface area contributed by atoms with Gasteiger partial charge in [0.25, 0.3) is 0 Å². The molecule has 0 aliphatic carbocycles. The summed E-state index contributed by atoms with van der Waals surface area (Å²) < 4.78 is 0. The van der Waals surface area contributed by atoms with Crippen LogP contribution in [0, 0.1) is 0 Å². The molecular formula is C16H21N. The van der Waals surface area contributed by atoms with E-state index in [1.54, 1.807) is 0 Å². The van der Waals surface area contributed by atoms with Crippen molar-refractivity contribution in [3.8, 4) is 0 Å². The molecule has 90 valence electrons. The van der Waals surface area contributed by atoms with Crippen molar-refractivity contribution in [2.75, 3.05) is 0 Å². The monoisotopic (exact) mass is 227 g/mol. The summed E-state index contributed by atoms with van der Waals surface area (Å²) in [6.07, 6.45) is 2.04. The van der Waals surface area contributed by atoms with Crippen molar-refractivity contribution in [2.45, 2.75) is 46.1 Å². The van der Waals surface area contributed by atoms with Gasteiger partial charge in [0.05, 0.1) is 5.54 Å². The van der Waals surface area contributed by atoms with Crippen molar-refractivity contribution in [1.82, 2.24) is 0 Å². The minimum Gasteiger partial charge on any atom is -0.283 e. The van der Waals surface area contributed by atoms with Crippen molar-refractivity contribution in [1.29, 1.82) is 0 Å². The SMILES string of the molecule is CC(C)=C1CC(C)(C)N=C1Cc1ccccc1. The number of aliphatic imine (C=N–C) groups is 1. The molecule has 0 atom stereocenters. The molecule has 1 aliphatic heterocycles. The predicted molar refractivity (Wildman–Crippen MR) is 74.7 cm³/mol. The van der Waals surface area contributed by atoms with E-state index in [0.29, 0.717) is 0 Å². The van der Waals surface area contributed by atoms with Crippen LogP contribution in [0.25, 0.3) is 0 Å². The Morgan fingerprint density at radius 3 is 2.41 bits per heavy atom. The fourth-order valence-corrected chi connectivity index (χ4v) is 2.41.